The summed E-state index contributed by atoms with van der Waals surface area (Å²) in [6, 6.07) is 10.8. The Labute approximate surface area is 153 Å². The van der Waals surface area contributed by atoms with Gasteiger partial charge in [-0.3, -0.25) is 4.79 Å². The maximum absolute atomic E-state index is 13.3. The molecule has 1 aliphatic heterocycles. The third-order valence-electron chi connectivity index (χ3n) is 5.01. The molecule has 132 valence electrons. The Hall–Kier alpha value is -1.87. The number of hydrogen-bond donors (Lipinski definition) is 0. The van der Waals surface area contributed by atoms with Crippen LogP contribution in [-0.4, -0.2) is 17.4 Å². The van der Waals surface area contributed by atoms with E-state index in [1.165, 1.54) is 6.07 Å². The Bertz CT molecular complexity index is 789. The standard InChI is InChI=1S/C21H23ClFNO/c1-3-15(11-17-5-4-14(2)10-20(17)22)21(25)24-9-8-16-12-19(23)7-6-18(16)13-24/h4-7,10,12,15H,3,8-9,11,13H2,1-2H3. The lowest BCUT2D eigenvalue weighted by Gasteiger charge is -2.32. The zero-order valence-electron chi connectivity index (χ0n) is 14.7. The number of amides is 1. The summed E-state index contributed by atoms with van der Waals surface area (Å²) < 4.78 is 13.3. The van der Waals surface area contributed by atoms with E-state index in [9.17, 15) is 9.18 Å². The van der Waals surface area contributed by atoms with Crippen molar-refractivity contribution in [2.45, 2.75) is 39.7 Å². The summed E-state index contributed by atoms with van der Waals surface area (Å²) in [7, 11) is 0. The van der Waals surface area contributed by atoms with Crippen molar-refractivity contribution in [1.29, 1.82) is 0 Å². The van der Waals surface area contributed by atoms with Gasteiger partial charge in [0.05, 0.1) is 0 Å². The highest BCUT2D eigenvalue weighted by Crippen LogP contribution is 2.26. The van der Waals surface area contributed by atoms with Crippen LogP contribution in [0.25, 0.3) is 0 Å². The monoisotopic (exact) mass is 359 g/mol. The minimum Gasteiger partial charge on any atom is -0.338 e. The molecule has 1 heterocycles. The Morgan fingerprint density at radius 1 is 1.24 bits per heavy atom. The molecule has 0 radical (unpaired) electrons. The molecule has 0 aliphatic carbocycles. The van der Waals surface area contributed by atoms with E-state index < -0.39 is 0 Å². The fourth-order valence-corrected chi connectivity index (χ4v) is 3.77. The van der Waals surface area contributed by atoms with E-state index in [1.54, 1.807) is 12.1 Å². The van der Waals surface area contributed by atoms with Crippen molar-refractivity contribution in [1.82, 2.24) is 4.90 Å². The van der Waals surface area contributed by atoms with Crippen LogP contribution in [0.15, 0.2) is 36.4 Å². The number of carbonyl (C=O) groups is 1. The summed E-state index contributed by atoms with van der Waals surface area (Å²) in [4.78, 5) is 14.9. The van der Waals surface area contributed by atoms with Gasteiger partial charge in [0.15, 0.2) is 0 Å². The zero-order chi connectivity index (χ0) is 18.0. The molecule has 0 saturated carbocycles. The molecule has 1 amide bonds. The number of carbonyl (C=O) groups excluding carboxylic acids is 1. The summed E-state index contributed by atoms with van der Waals surface area (Å²) >= 11 is 6.34. The molecule has 2 aromatic carbocycles. The molecule has 0 bridgehead atoms. The predicted molar refractivity (Wildman–Crippen MR) is 99.2 cm³/mol. The minimum absolute atomic E-state index is 0.0813. The number of rotatable bonds is 4. The van der Waals surface area contributed by atoms with E-state index in [0.29, 0.717) is 25.9 Å². The quantitative estimate of drug-likeness (QED) is 0.757. The number of aryl methyl sites for hydroxylation is 1. The first-order valence-corrected chi connectivity index (χ1v) is 9.17. The van der Waals surface area contributed by atoms with Gasteiger partial charge in [-0.15, -0.1) is 0 Å². The van der Waals surface area contributed by atoms with Crippen molar-refractivity contribution in [3.8, 4) is 0 Å². The van der Waals surface area contributed by atoms with Crippen LogP contribution in [0.3, 0.4) is 0 Å². The molecule has 2 aromatic rings. The first-order valence-electron chi connectivity index (χ1n) is 8.79. The van der Waals surface area contributed by atoms with Gasteiger partial charge in [0.25, 0.3) is 0 Å². The SMILES string of the molecule is CCC(Cc1ccc(C)cc1Cl)C(=O)N1CCc2cc(F)ccc2C1. The van der Waals surface area contributed by atoms with E-state index in [0.717, 1.165) is 33.7 Å². The fourth-order valence-electron chi connectivity index (χ4n) is 3.46. The third-order valence-corrected chi connectivity index (χ3v) is 5.36. The molecule has 0 spiro atoms. The first kappa shape index (κ1) is 17.9. The lowest BCUT2D eigenvalue weighted by Crippen LogP contribution is -2.40. The highest BCUT2D eigenvalue weighted by atomic mass is 35.5. The van der Waals surface area contributed by atoms with Crippen molar-refractivity contribution in [2.24, 2.45) is 5.92 Å². The van der Waals surface area contributed by atoms with Crippen LogP contribution in [0.1, 0.15) is 35.6 Å². The van der Waals surface area contributed by atoms with Gasteiger partial charge in [0.1, 0.15) is 5.82 Å². The highest BCUT2D eigenvalue weighted by Gasteiger charge is 2.27. The maximum atomic E-state index is 13.3. The number of benzene rings is 2. The largest absolute Gasteiger partial charge is 0.338 e. The Morgan fingerprint density at radius 3 is 2.76 bits per heavy atom. The van der Waals surface area contributed by atoms with E-state index in [4.69, 9.17) is 11.6 Å². The van der Waals surface area contributed by atoms with Crippen LogP contribution in [0.5, 0.6) is 0 Å². The average molecular weight is 360 g/mol. The van der Waals surface area contributed by atoms with Crippen LogP contribution in [-0.2, 0) is 24.2 Å². The van der Waals surface area contributed by atoms with Crippen molar-refractivity contribution < 1.29 is 9.18 Å². The molecule has 0 aromatic heterocycles. The van der Waals surface area contributed by atoms with Gasteiger partial charge in [-0.25, -0.2) is 4.39 Å². The topological polar surface area (TPSA) is 20.3 Å². The van der Waals surface area contributed by atoms with Gasteiger partial charge in [-0.05, 0) is 66.6 Å². The molecular formula is C21H23ClFNO. The second-order valence-electron chi connectivity index (χ2n) is 6.83. The molecule has 2 nitrogen and oxygen atoms in total. The maximum Gasteiger partial charge on any atom is 0.226 e. The van der Waals surface area contributed by atoms with Crippen LogP contribution in [0, 0.1) is 18.7 Å². The molecule has 0 fully saturated rings. The van der Waals surface area contributed by atoms with E-state index in [1.807, 2.05) is 36.9 Å². The van der Waals surface area contributed by atoms with Crippen molar-refractivity contribution in [3.05, 3.63) is 69.5 Å². The molecule has 25 heavy (non-hydrogen) atoms. The van der Waals surface area contributed by atoms with Gasteiger partial charge < -0.3 is 4.90 Å². The second kappa shape index (κ2) is 7.57. The number of halogens is 2. The Kier molecular flexibility index (Phi) is 5.43. The molecule has 0 saturated heterocycles. The van der Waals surface area contributed by atoms with Gasteiger partial charge in [-0.1, -0.05) is 36.7 Å². The summed E-state index contributed by atoms with van der Waals surface area (Å²) in [6.45, 7) is 5.25. The van der Waals surface area contributed by atoms with Crippen LogP contribution >= 0.6 is 11.6 Å². The van der Waals surface area contributed by atoms with E-state index in [2.05, 4.69) is 0 Å². The smallest absolute Gasteiger partial charge is 0.226 e. The highest BCUT2D eigenvalue weighted by molar-refractivity contribution is 6.31. The second-order valence-corrected chi connectivity index (χ2v) is 7.23. The Morgan fingerprint density at radius 2 is 2.04 bits per heavy atom. The number of nitrogens with zero attached hydrogens (tertiary/aromatic N) is 1. The Balaban J connectivity index is 1.73. The van der Waals surface area contributed by atoms with Gasteiger partial charge in [0, 0.05) is 24.0 Å². The molecular weight excluding hydrogens is 337 g/mol. The molecule has 3 rings (SSSR count). The summed E-state index contributed by atoms with van der Waals surface area (Å²) in [5.74, 6) is -0.129. The van der Waals surface area contributed by atoms with Crippen molar-refractivity contribution in [2.75, 3.05) is 6.54 Å². The minimum atomic E-state index is -0.209. The summed E-state index contributed by atoms with van der Waals surface area (Å²) in [6.07, 6.45) is 2.14. The number of hydrogen-bond acceptors (Lipinski definition) is 1. The van der Waals surface area contributed by atoms with Crippen molar-refractivity contribution >= 4 is 17.5 Å². The lowest BCUT2D eigenvalue weighted by atomic mass is 9.93. The summed E-state index contributed by atoms with van der Waals surface area (Å²) in [5, 5.41) is 0.728. The fraction of sp³-hybridized carbons (Fsp3) is 0.381. The molecule has 1 aliphatic rings. The molecule has 1 atom stereocenters. The summed E-state index contributed by atoms with van der Waals surface area (Å²) in [5.41, 5.74) is 4.20. The number of fused-ring (bicyclic) bond motifs is 1. The van der Waals surface area contributed by atoms with E-state index in [-0.39, 0.29) is 17.6 Å². The van der Waals surface area contributed by atoms with Gasteiger partial charge in [-0.2, -0.15) is 0 Å². The van der Waals surface area contributed by atoms with Crippen LogP contribution < -0.4 is 0 Å². The molecule has 4 heteroatoms. The zero-order valence-corrected chi connectivity index (χ0v) is 15.4. The van der Waals surface area contributed by atoms with Crippen LogP contribution in [0.2, 0.25) is 5.02 Å². The van der Waals surface area contributed by atoms with Gasteiger partial charge in [0.2, 0.25) is 5.91 Å². The third kappa shape index (κ3) is 4.04. The van der Waals surface area contributed by atoms with Crippen molar-refractivity contribution in [3.63, 3.8) is 0 Å². The predicted octanol–water partition coefficient (Wildman–Crippen LogP) is 4.94. The first-order chi connectivity index (χ1) is 12.0. The van der Waals surface area contributed by atoms with E-state index >= 15 is 0 Å². The normalized spacial score (nSPS) is 15.0. The van der Waals surface area contributed by atoms with Gasteiger partial charge >= 0.3 is 0 Å². The molecule has 0 N–H and O–H groups in total. The lowest BCUT2D eigenvalue weighted by molar-refractivity contribution is -0.136. The molecule has 1 unspecified atom stereocenters. The van der Waals surface area contributed by atoms with Crippen LogP contribution in [0.4, 0.5) is 4.39 Å². The average Bonchev–Trinajstić information content (AvgIpc) is 2.60.